The molecule has 0 aromatic heterocycles. The number of aliphatic hydroxyl groups excluding tert-OH is 1. The van der Waals surface area contributed by atoms with E-state index in [0.29, 0.717) is 0 Å². The summed E-state index contributed by atoms with van der Waals surface area (Å²) in [4.78, 5) is 2.23. The minimum Gasteiger partial charge on any atom is -0.395 e. The molecular formula is C11H14ClNO. The summed E-state index contributed by atoms with van der Waals surface area (Å²) < 4.78 is 0. The lowest BCUT2D eigenvalue weighted by Gasteiger charge is -2.28. The molecule has 0 atom stereocenters. The van der Waals surface area contributed by atoms with E-state index in [9.17, 15) is 0 Å². The summed E-state index contributed by atoms with van der Waals surface area (Å²) in [5.74, 6) is 0. The first kappa shape index (κ1) is 9.97. The molecule has 1 aromatic rings. The lowest BCUT2D eigenvalue weighted by atomic mass is 10.00. The van der Waals surface area contributed by atoms with Gasteiger partial charge >= 0.3 is 0 Å². The fourth-order valence-electron chi connectivity index (χ4n) is 1.93. The van der Waals surface area contributed by atoms with Crippen LogP contribution in [0, 0.1) is 0 Å². The van der Waals surface area contributed by atoms with Gasteiger partial charge in [-0.1, -0.05) is 23.7 Å². The summed E-state index contributed by atoms with van der Waals surface area (Å²) in [7, 11) is 0. The minimum absolute atomic E-state index is 0.222. The topological polar surface area (TPSA) is 23.5 Å². The van der Waals surface area contributed by atoms with Gasteiger partial charge < -0.3 is 5.11 Å². The number of halogens is 1. The van der Waals surface area contributed by atoms with E-state index >= 15 is 0 Å². The molecule has 0 spiro atoms. The number of rotatable bonds is 2. The van der Waals surface area contributed by atoms with E-state index in [1.54, 1.807) is 0 Å². The monoisotopic (exact) mass is 211 g/mol. The van der Waals surface area contributed by atoms with Crippen molar-refractivity contribution in [3.8, 4) is 0 Å². The molecule has 14 heavy (non-hydrogen) atoms. The molecule has 2 rings (SSSR count). The molecule has 3 heteroatoms. The molecule has 0 amide bonds. The van der Waals surface area contributed by atoms with Crippen molar-refractivity contribution >= 4 is 11.6 Å². The minimum atomic E-state index is 0.222. The SMILES string of the molecule is OCCN1CCc2cccc(Cl)c2C1. The summed E-state index contributed by atoms with van der Waals surface area (Å²) in [6.07, 6.45) is 1.04. The third kappa shape index (κ3) is 1.92. The van der Waals surface area contributed by atoms with Crippen molar-refractivity contribution in [3.05, 3.63) is 34.3 Å². The Balaban J connectivity index is 2.20. The van der Waals surface area contributed by atoms with E-state index in [2.05, 4.69) is 11.0 Å². The largest absolute Gasteiger partial charge is 0.395 e. The van der Waals surface area contributed by atoms with Crippen molar-refractivity contribution < 1.29 is 5.11 Å². The van der Waals surface area contributed by atoms with Gasteiger partial charge in [0.2, 0.25) is 0 Å². The summed E-state index contributed by atoms with van der Waals surface area (Å²) in [6, 6.07) is 6.07. The average Bonchev–Trinajstić information content (AvgIpc) is 2.20. The van der Waals surface area contributed by atoms with Crippen molar-refractivity contribution in [1.29, 1.82) is 0 Å². The lowest BCUT2D eigenvalue weighted by Crippen LogP contribution is -2.32. The second-order valence-electron chi connectivity index (χ2n) is 3.63. The first-order valence-corrected chi connectivity index (χ1v) is 5.28. The van der Waals surface area contributed by atoms with Crippen LogP contribution in [0.3, 0.4) is 0 Å². The van der Waals surface area contributed by atoms with Gasteiger partial charge in [-0.15, -0.1) is 0 Å². The molecule has 0 saturated heterocycles. The molecule has 76 valence electrons. The second kappa shape index (κ2) is 4.30. The molecule has 0 bridgehead atoms. The Kier molecular flexibility index (Phi) is 3.06. The Hall–Kier alpha value is -0.570. The summed E-state index contributed by atoms with van der Waals surface area (Å²) >= 11 is 6.12. The molecule has 1 aliphatic rings. The molecule has 0 aliphatic carbocycles. The van der Waals surface area contributed by atoms with Crippen molar-refractivity contribution in [1.82, 2.24) is 4.90 Å². The quantitative estimate of drug-likeness (QED) is 0.805. The van der Waals surface area contributed by atoms with E-state index in [-0.39, 0.29) is 6.61 Å². The normalized spacial score (nSPS) is 16.7. The highest BCUT2D eigenvalue weighted by Crippen LogP contribution is 2.25. The molecule has 0 saturated carbocycles. The van der Waals surface area contributed by atoms with Crippen LogP contribution in [-0.4, -0.2) is 29.7 Å². The molecular weight excluding hydrogens is 198 g/mol. The Morgan fingerprint density at radius 1 is 1.43 bits per heavy atom. The van der Waals surface area contributed by atoms with Gasteiger partial charge in [0.1, 0.15) is 0 Å². The van der Waals surface area contributed by atoms with Crippen LogP contribution in [0.4, 0.5) is 0 Å². The Morgan fingerprint density at radius 3 is 3.07 bits per heavy atom. The van der Waals surface area contributed by atoms with Crippen LogP contribution >= 0.6 is 11.6 Å². The first-order chi connectivity index (χ1) is 6.81. The predicted molar refractivity (Wildman–Crippen MR) is 57.5 cm³/mol. The van der Waals surface area contributed by atoms with Crippen molar-refractivity contribution in [2.24, 2.45) is 0 Å². The summed E-state index contributed by atoms with van der Waals surface area (Å²) in [5.41, 5.74) is 2.58. The third-order valence-corrected chi connectivity index (χ3v) is 3.07. The zero-order valence-corrected chi connectivity index (χ0v) is 8.80. The maximum absolute atomic E-state index is 8.86. The number of aliphatic hydroxyl groups is 1. The second-order valence-corrected chi connectivity index (χ2v) is 4.03. The maximum atomic E-state index is 8.86. The van der Waals surface area contributed by atoms with Crippen LogP contribution in [-0.2, 0) is 13.0 Å². The molecule has 1 N–H and O–H groups in total. The zero-order valence-electron chi connectivity index (χ0n) is 8.04. The molecule has 2 nitrogen and oxygen atoms in total. The van der Waals surface area contributed by atoms with E-state index in [1.165, 1.54) is 11.1 Å². The van der Waals surface area contributed by atoms with Gasteiger partial charge in [0.05, 0.1) is 6.61 Å². The van der Waals surface area contributed by atoms with Gasteiger partial charge in [0, 0.05) is 24.7 Å². The first-order valence-electron chi connectivity index (χ1n) is 4.91. The van der Waals surface area contributed by atoms with E-state index < -0.39 is 0 Å². The average molecular weight is 212 g/mol. The molecule has 1 heterocycles. The number of fused-ring (bicyclic) bond motifs is 1. The van der Waals surface area contributed by atoms with Gasteiger partial charge in [-0.3, -0.25) is 4.90 Å². The van der Waals surface area contributed by atoms with Crippen LogP contribution in [0.5, 0.6) is 0 Å². The fraction of sp³-hybridized carbons (Fsp3) is 0.455. The molecule has 1 aliphatic heterocycles. The predicted octanol–water partition coefficient (Wildman–Crippen LogP) is 1.69. The van der Waals surface area contributed by atoms with E-state index in [0.717, 1.165) is 31.1 Å². The Morgan fingerprint density at radius 2 is 2.29 bits per heavy atom. The number of hydrogen-bond donors (Lipinski definition) is 1. The molecule has 1 aromatic carbocycles. The van der Waals surface area contributed by atoms with Crippen LogP contribution in [0.1, 0.15) is 11.1 Å². The van der Waals surface area contributed by atoms with Gasteiger partial charge in [-0.2, -0.15) is 0 Å². The molecule has 0 fully saturated rings. The van der Waals surface area contributed by atoms with Gasteiger partial charge in [-0.25, -0.2) is 0 Å². The lowest BCUT2D eigenvalue weighted by molar-refractivity contribution is 0.184. The van der Waals surface area contributed by atoms with Crippen molar-refractivity contribution in [3.63, 3.8) is 0 Å². The molecule has 0 unspecified atom stereocenters. The third-order valence-electron chi connectivity index (χ3n) is 2.71. The van der Waals surface area contributed by atoms with Gasteiger partial charge in [-0.05, 0) is 23.6 Å². The molecule has 0 radical (unpaired) electrons. The highest BCUT2D eigenvalue weighted by atomic mass is 35.5. The smallest absolute Gasteiger partial charge is 0.0558 e. The van der Waals surface area contributed by atoms with E-state index in [1.807, 2.05) is 12.1 Å². The Labute approximate surface area is 89.1 Å². The highest BCUT2D eigenvalue weighted by molar-refractivity contribution is 6.31. The number of benzene rings is 1. The Bertz CT molecular complexity index is 327. The fourth-order valence-corrected chi connectivity index (χ4v) is 2.18. The highest BCUT2D eigenvalue weighted by Gasteiger charge is 2.17. The number of β-amino-alcohol motifs (C(OH)–C–C–N with tert-alkyl or cyclic N) is 1. The van der Waals surface area contributed by atoms with Crippen molar-refractivity contribution in [2.75, 3.05) is 19.7 Å². The number of hydrogen-bond acceptors (Lipinski definition) is 2. The van der Waals surface area contributed by atoms with Crippen LogP contribution in [0.2, 0.25) is 5.02 Å². The summed E-state index contributed by atoms with van der Waals surface area (Å²) in [5, 5.41) is 9.71. The number of nitrogens with zero attached hydrogens (tertiary/aromatic N) is 1. The van der Waals surface area contributed by atoms with Crippen LogP contribution in [0.15, 0.2) is 18.2 Å². The zero-order chi connectivity index (χ0) is 9.97. The van der Waals surface area contributed by atoms with Gasteiger partial charge in [0.25, 0.3) is 0 Å². The van der Waals surface area contributed by atoms with Crippen LogP contribution in [0.25, 0.3) is 0 Å². The standard InChI is InChI=1S/C11H14ClNO/c12-11-3-1-2-9-4-5-13(6-7-14)8-10(9)11/h1-3,14H,4-8H2. The van der Waals surface area contributed by atoms with Crippen molar-refractivity contribution in [2.45, 2.75) is 13.0 Å². The maximum Gasteiger partial charge on any atom is 0.0558 e. The summed E-state index contributed by atoms with van der Waals surface area (Å²) in [6.45, 7) is 2.86. The van der Waals surface area contributed by atoms with E-state index in [4.69, 9.17) is 16.7 Å². The van der Waals surface area contributed by atoms with Crippen LogP contribution < -0.4 is 0 Å². The van der Waals surface area contributed by atoms with Gasteiger partial charge in [0.15, 0.2) is 0 Å².